The van der Waals surface area contributed by atoms with Crippen LogP contribution in [-0.4, -0.2) is 47.0 Å². The summed E-state index contributed by atoms with van der Waals surface area (Å²) in [5, 5.41) is 8.29. The summed E-state index contributed by atoms with van der Waals surface area (Å²) in [6, 6.07) is 19.5. The van der Waals surface area contributed by atoms with Crippen molar-refractivity contribution in [3.05, 3.63) is 72.4 Å². The minimum Gasteiger partial charge on any atom is -0.493 e. The van der Waals surface area contributed by atoms with Gasteiger partial charge in [0.2, 0.25) is 5.91 Å². The Morgan fingerprint density at radius 2 is 1.84 bits per heavy atom. The predicted molar refractivity (Wildman–Crippen MR) is 125 cm³/mol. The molecule has 8 heteroatoms. The first-order chi connectivity index (χ1) is 15.7. The summed E-state index contributed by atoms with van der Waals surface area (Å²) in [6.07, 6.45) is 2.61. The minimum atomic E-state index is -0.0343. The molecular formula is C24H24N4O3S. The molecule has 0 unspecified atom stereocenters. The lowest BCUT2D eigenvalue weighted by atomic mass is 10.1. The van der Waals surface area contributed by atoms with Crippen LogP contribution in [0.1, 0.15) is 5.56 Å². The third-order valence-corrected chi connectivity index (χ3v) is 5.82. The number of rotatable bonds is 9. The molecule has 2 aromatic heterocycles. The fraction of sp³-hybridized carbons (Fsp3) is 0.208. The van der Waals surface area contributed by atoms with Crippen LogP contribution in [0, 0.1) is 0 Å². The Hall–Kier alpha value is -3.52. The van der Waals surface area contributed by atoms with Gasteiger partial charge in [-0.3, -0.25) is 4.79 Å². The quantitative estimate of drug-likeness (QED) is 0.392. The number of methoxy groups -OCH3 is 2. The molecule has 2 heterocycles. The zero-order chi connectivity index (χ0) is 22.3. The maximum Gasteiger partial charge on any atom is 0.230 e. The van der Waals surface area contributed by atoms with E-state index in [1.165, 1.54) is 11.8 Å². The van der Waals surface area contributed by atoms with E-state index >= 15 is 0 Å². The van der Waals surface area contributed by atoms with Crippen LogP contribution in [0.15, 0.2) is 71.9 Å². The van der Waals surface area contributed by atoms with Gasteiger partial charge in [0.15, 0.2) is 17.1 Å². The third-order valence-electron chi connectivity index (χ3n) is 4.90. The lowest BCUT2D eigenvalue weighted by Gasteiger charge is -2.10. The molecule has 2 aromatic carbocycles. The highest BCUT2D eigenvalue weighted by Crippen LogP contribution is 2.27. The molecule has 4 aromatic rings. The van der Waals surface area contributed by atoms with E-state index in [1.807, 2.05) is 66.9 Å². The molecule has 4 rings (SSSR count). The van der Waals surface area contributed by atoms with Gasteiger partial charge < -0.3 is 14.8 Å². The Morgan fingerprint density at radius 1 is 1.03 bits per heavy atom. The van der Waals surface area contributed by atoms with Gasteiger partial charge in [0.1, 0.15) is 5.03 Å². The Bertz CT molecular complexity index is 1210. The van der Waals surface area contributed by atoms with E-state index in [1.54, 1.807) is 18.7 Å². The Balaban J connectivity index is 1.29. The number of hydrogen-bond acceptors (Lipinski definition) is 6. The SMILES string of the molecule is COc1ccc(CCNC(=O)CSc2ccc3nc(-c4ccccc4)cn3n2)cc1OC. The fourth-order valence-electron chi connectivity index (χ4n) is 3.26. The average molecular weight is 449 g/mol. The number of carbonyl (C=O) groups is 1. The minimum absolute atomic E-state index is 0.0343. The normalized spacial score (nSPS) is 10.8. The second-order valence-corrected chi connectivity index (χ2v) is 8.04. The summed E-state index contributed by atoms with van der Waals surface area (Å²) in [6.45, 7) is 0.545. The van der Waals surface area contributed by atoms with Gasteiger partial charge in [-0.25, -0.2) is 9.50 Å². The van der Waals surface area contributed by atoms with Crippen LogP contribution in [0.25, 0.3) is 16.9 Å². The number of benzene rings is 2. The highest BCUT2D eigenvalue weighted by molar-refractivity contribution is 7.99. The van der Waals surface area contributed by atoms with Crippen molar-refractivity contribution in [1.29, 1.82) is 0 Å². The molecular weight excluding hydrogens is 424 g/mol. The Morgan fingerprint density at radius 3 is 2.62 bits per heavy atom. The number of thioether (sulfide) groups is 1. The molecule has 32 heavy (non-hydrogen) atoms. The van der Waals surface area contributed by atoms with Gasteiger partial charge in [0.05, 0.1) is 31.9 Å². The first-order valence-electron chi connectivity index (χ1n) is 10.2. The van der Waals surface area contributed by atoms with Crippen molar-refractivity contribution in [2.45, 2.75) is 11.4 Å². The van der Waals surface area contributed by atoms with Crippen molar-refractivity contribution in [3.63, 3.8) is 0 Å². The molecule has 0 atom stereocenters. The summed E-state index contributed by atoms with van der Waals surface area (Å²) >= 11 is 1.40. The molecule has 0 saturated carbocycles. The molecule has 0 fully saturated rings. The monoisotopic (exact) mass is 448 g/mol. The number of amides is 1. The van der Waals surface area contributed by atoms with E-state index in [0.717, 1.165) is 27.5 Å². The smallest absolute Gasteiger partial charge is 0.230 e. The van der Waals surface area contributed by atoms with Crippen molar-refractivity contribution in [2.24, 2.45) is 0 Å². The topological polar surface area (TPSA) is 77.8 Å². The molecule has 0 aliphatic rings. The fourth-order valence-corrected chi connectivity index (χ4v) is 3.95. The Kier molecular flexibility index (Phi) is 6.91. The number of hydrogen-bond donors (Lipinski definition) is 1. The molecule has 0 radical (unpaired) electrons. The van der Waals surface area contributed by atoms with Crippen LogP contribution >= 0.6 is 11.8 Å². The van der Waals surface area contributed by atoms with Crippen LogP contribution in [0.3, 0.4) is 0 Å². The standard InChI is InChI=1S/C24H24N4O3S/c1-30-20-9-8-17(14-21(20)31-2)12-13-25-23(29)16-32-24-11-10-22-26-19(15-28(22)27-24)18-6-4-3-5-7-18/h3-11,14-15H,12-13,16H2,1-2H3,(H,25,29). The van der Waals surface area contributed by atoms with E-state index in [-0.39, 0.29) is 5.91 Å². The molecule has 0 bridgehead atoms. The Labute approximate surface area is 190 Å². The number of aromatic nitrogens is 3. The molecule has 7 nitrogen and oxygen atoms in total. The number of ether oxygens (including phenoxy) is 2. The van der Waals surface area contributed by atoms with Gasteiger partial charge in [-0.15, -0.1) is 0 Å². The van der Waals surface area contributed by atoms with Crippen molar-refractivity contribution in [3.8, 4) is 22.8 Å². The number of imidazole rings is 1. The molecule has 0 aliphatic carbocycles. The largest absolute Gasteiger partial charge is 0.493 e. The van der Waals surface area contributed by atoms with Crippen molar-refractivity contribution in [2.75, 3.05) is 26.5 Å². The molecule has 0 saturated heterocycles. The summed E-state index contributed by atoms with van der Waals surface area (Å²) in [7, 11) is 3.22. The third kappa shape index (κ3) is 5.20. The summed E-state index contributed by atoms with van der Waals surface area (Å²) in [5.41, 5.74) is 3.75. The van der Waals surface area contributed by atoms with Crippen LogP contribution < -0.4 is 14.8 Å². The van der Waals surface area contributed by atoms with Crippen LogP contribution in [0.2, 0.25) is 0 Å². The van der Waals surface area contributed by atoms with Gasteiger partial charge in [0.25, 0.3) is 0 Å². The van der Waals surface area contributed by atoms with Gasteiger partial charge in [-0.1, -0.05) is 48.2 Å². The number of carbonyl (C=O) groups excluding carboxylic acids is 1. The summed E-state index contributed by atoms with van der Waals surface area (Å²) < 4.78 is 12.3. The van der Waals surface area contributed by atoms with E-state index < -0.39 is 0 Å². The zero-order valence-corrected chi connectivity index (χ0v) is 18.8. The number of nitrogens with zero attached hydrogens (tertiary/aromatic N) is 3. The number of nitrogens with one attached hydrogen (secondary N) is 1. The predicted octanol–water partition coefficient (Wildman–Crippen LogP) is 3.86. The van der Waals surface area contributed by atoms with Gasteiger partial charge in [-0.2, -0.15) is 5.10 Å². The highest BCUT2D eigenvalue weighted by Gasteiger charge is 2.09. The number of fused-ring (bicyclic) bond motifs is 1. The van der Waals surface area contributed by atoms with E-state index in [0.29, 0.717) is 30.2 Å². The average Bonchev–Trinajstić information content (AvgIpc) is 3.26. The van der Waals surface area contributed by atoms with E-state index in [2.05, 4.69) is 15.4 Å². The molecule has 0 spiro atoms. The first kappa shape index (κ1) is 21.7. The zero-order valence-electron chi connectivity index (χ0n) is 17.9. The van der Waals surface area contributed by atoms with E-state index in [4.69, 9.17) is 9.47 Å². The second kappa shape index (κ2) is 10.2. The molecule has 164 valence electrons. The van der Waals surface area contributed by atoms with Crippen molar-refractivity contribution in [1.82, 2.24) is 19.9 Å². The summed E-state index contributed by atoms with van der Waals surface area (Å²) in [5.74, 6) is 1.64. The van der Waals surface area contributed by atoms with Gasteiger partial charge in [-0.05, 0) is 36.2 Å². The summed E-state index contributed by atoms with van der Waals surface area (Å²) in [4.78, 5) is 16.9. The van der Waals surface area contributed by atoms with Crippen LogP contribution in [0.4, 0.5) is 0 Å². The van der Waals surface area contributed by atoms with Crippen molar-refractivity contribution < 1.29 is 14.3 Å². The van der Waals surface area contributed by atoms with Crippen LogP contribution in [0.5, 0.6) is 11.5 Å². The maximum atomic E-state index is 12.3. The van der Waals surface area contributed by atoms with Gasteiger partial charge >= 0.3 is 0 Å². The first-order valence-corrected chi connectivity index (χ1v) is 11.2. The maximum absolute atomic E-state index is 12.3. The van der Waals surface area contributed by atoms with Crippen LogP contribution in [-0.2, 0) is 11.2 Å². The lowest BCUT2D eigenvalue weighted by Crippen LogP contribution is -2.27. The second-order valence-electron chi connectivity index (χ2n) is 7.04. The highest BCUT2D eigenvalue weighted by atomic mass is 32.2. The van der Waals surface area contributed by atoms with E-state index in [9.17, 15) is 4.79 Å². The lowest BCUT2D eigenvalue weighted by molar-refractivity contribution is -0.118. The molecule has 1 amide bonds. The van der Waals surface area contributed by atoms with Crippen molar-refractivity contribution >= 4 is 23.3 Å². The molecule has 0 aliphatic heterocycles. The molecule has 1 N–H and O–H groups in total. The van der Waals surface area contributed by atoms with Gasteiger partial charge in [0, 0.05) is 12.1 Å².